The number of hydrogen-bond acceptors (Lipinski definition) is 3. The van der Waals surface area contributed by atoms with E-state index >= 15 is 0 Å². The van der Waals surface area contributed by atoms with Crippen molar-refractivity contribution in [2.45, 2.75) is 31.6 Å². The SMILES string of the molecule is C1CC[C@H](C2OCCO2)NC1. The summed E-state index contributed by atoms with van der Waals surface area (Å²) in [7, 11) is 0. The highest BCUT2D eigenvalue weighted by atomic mass is 16.7. The quantitative estimate of drug-likeness (QED) is 0.601. The molecular formula is C8H15NO2. The van der Waals surface area contributed by atoms with Crippen molar-refractivity contribution in [1.29, 1.82) is 0 Å². The summed E-state index contributed by atoms with van der Waals surface area (Å²) in [6.07, 6.45) is 3.84. The molecule has 2 rings (SSSR count). The van der Waals surface area contributed by atoms with Crippen LogP contribution in [0, 0.1) is 0 Å². The van der Waals surface area contributed by atoms with Gasteiger partial charge in [0.15, 0.2) is 6.29 Å². The average Bonchev–Trinajstić information content (AvgIpc) is 2.58. The molecule has 0 spiro atoms. The number of ether oxygens (including phenoxy) is 2. The highest BCUT2D eigenvalue weighted by Gasteiger charge is 2.27. The van der Waals surface area contributed by atoms with E-state index in [-0.39, 0.29) is 6.29 Å². The van der Waals surface area contributed by atoms with Gasteiger partial charge in [-0.15, -0.1) is 0 Å². The van der Waals surface area contributed by atoms with Gasteiger partial charge >= 0.3 is 0 Å². The first-order chi connectivity index (χ1) is 5.47. The van der Waals surface area contributed by atoms with E-state index in [0.29, 0.717) is 6.04 Å². The highest BCUT2D eigenvalue weighted by molar-refractivity contribution is 4.76. The summed E-state index contributed by atoms with van der Waals surface area (Å²) in [6.45, 7) is 2.65. The first-order valence-electron chi connectivity index (χ1n) is 4.43. The zero-order valence-corrected chi connectivity index (χ0v) is 6.71. The van der Waals surface area contributed by atoms with E-state index < -0.39 is 0 Å². The van der Waals surface area contributed by atoms with Crippen molar-refractivity contribution < 1.29 is 9.47 Å². The van der Waals surface area contributed by atoms with Gasteiger partial charge in [-0.2, -0.15) is 0 Å². The number of nitrogens with one attached hydrogen (secondary N) is 1. The van der Waals surface area contributed by atoms with Crippen LogP contribution in [0.25, 0.3) is 0 Å². The van der Waals surface area contributed by atoms with E-state index in [1.165, 1.54) is 19.3 Å². The number of rotatable bonds is 1. The Hall–Kier alpha value is -0.120. The van der Waals surface area contributed by atoms with Crippen LogP contribution in [0.3, 0.4) is 0 Å². The zero-order valence-electron chi connectivity index (χ0n) is 6.71. The van der Waals surface area contributed by atoms with Gasteiger partial charge < -0.3 is 14.8 Å². The van der Waals surface area contributed by atoms with Crippen molar-refractivity contribution >= 4 is 0 Å². The largest absolute Gasteiger partial charge is 0.349 e. The Kier molecular flexibility index (Phi) is 2.41. The van der Waals surface area contributed by atoms with Crippen molar-refractivity contribution in [1.82, 2.24) is 5.32 Å². The lowest BCUT2D eigenvalue weighted by Crippen LogP contribution is -2.43. The summed E-state index contributed by atoms with van der Waals surface area (Å²) in [6, 6.07) is 0.450. The van der Waals surface area contributed by atoms with Crippen molar-refractivity contribution in [3.05, 3.63) is 0 Å². The van der Waals surface area contributed by atoms with Crippen LogP contribution in [0.1, 0.15) is 19.3 Å². The molecule has 11 heavy (non-hydrogen) atoms. The maximum Gasteiger partial charge on any atom is 0.172 e. The molecule has 2 aliphatic heterocycles. The minimum Gasteiger partial charge on any atom is -0.349 e. The number of hydrogen-bond donors (Lipinski definition) is 1. The monoisotopic (exact) mass is 157 g/mol. The summed E-state index contributed by atoms with van der Waals surface area (Å²) >= 11 is 0. The zero-order chi connectivity index (χ0) is 7.52. The third kappa shape index (κ3) is 1.72. The van der Waals surface area contributed by atoms with Gasteiger partial charge in [0.05, 0.1) is 19.3 Å². The van der Waals surface area contributed by atoms with E-state index in [4.69, 9.17) is 9.47 Å². The normalized spacial score (nSPS) is 34.4. The van der Waals surface area contributed by atoms with Crippen LogP contribution in [0.15, 0.2) is 0 Å². The molecule has 0 aromatic carbocycles. The van der Waals surface area contributed by atoms with Gasteiger partial charge in [0.25, 0.3) is 0 Å². The minimum absolute atomic E-state index is 0.0373. The standard InChI is InChI=1S/C8H15NO2/c1-2-4-9-7(3-1)8-10-5-6-11-8/h7-9H,1-6H2/t7-/m1/s1. The second-order valence-corrected chi connectivity index (χ2v) is 3.17. The second-order valence-electron chi connectivity index (χ2n) is 3.17. The van der Waals surface area contributed by atoms with Crippen LogP contribution in [-0.2, 0) is 9.47 Å². The summed E-state index contributed by atoms with van der Waals surface area (Å²) in [5, 5.41) is 3.41. The van der Waals surface area contributed by atoms with Gasteiger partial charge in [-0.1, -0.05) is 6.42 Å². The summed E-state index contributed by atoms with van der Waals surface area (Å²) in [4.78, 5) is 0. The summed E-state index contributed by atoms with van der Waals surface area (Å²) in [5.41, 5.74) is 0. The Morgan fingerprint density at radius 1 is 1.09 bits per heavy atom. The number of piperidine rings is 1. The van der Waals surface area contributed by atoms with Gasteiger partial charge in [-0.3, -0.25) is 0 Å². The van der Waals surface area contributed by atoms with E-state index in [9.17, 15) is 0 Å². The van der Waals surface area contributed by atoms with Crippen LogP contribution in [0.5, 0.6) is 0 Å². The molecule has 0 aromatic rings. The van der Waals surface area contributed by atoms with Gasteiger partial charge in [0.2, 0.25) is 0 Å². The third-order valence-corrected chi connectivity index (χ3v) is 2.32. The Balaban J connectivity index is 1.82. The first-order valence-corrected chi connectivity index (χ1v) is 4.43. The lowest BCUT2D eigenvalue weighted by atomic mass is 10.0. The molecule has 0 unspecified atom stereocenters. The van der Waals surface area contributed by atoms with Crippen molar-refractivity contribution in [3.63, 3.8) is 0 Å². The highest BCUT2D eigenvalue weighted by Crippen LogP contribution is 2.16. The Bertz CT molecular complexity index is 117. The molecule has 64 valence electrons. The molecule has 0 radical (unpaired) electrons. The molecule has 3 heteroatoms. The lowest BCUT2D eigenvalue weighted by Gasteiger charge is -2.27. The Morgan fingerprint density at radius 2 is 1.91 bits per heavy atom. The second kappa shape index (κ2) is 3.52. The molecule has 2 heterocycles. The topological polar surface area (TPSA) is 30.5 Å². The maximum absolute atomic E-state index is 5.41. The molecule has 0 amide bonds. The molecule has 2 saturated heterocycles. The maximum atomic E-state index is 5.41. The fourth-order valence-corrected chi connectivity index (χ4v) is 1.72. The molecule has 1 atom stereocenters. The van der Waals surface area contributed by atoms with Crippen molar-refractivity contribution in [2.24, 2.45) is 0 Å². The van der Waals surface area contributed by atoms with Crippen LogP contribution in [-0.4, -0.2) is 32.1 Å². The fourth-order valence-electron chi connectivity index (χ4n) is 1.72. The molecule has 0 aliphatic carbocycles. The first kappa shape index (κ1) is 7.53. The fraction of sp³-hybridized carbons (Fsp3) is 1.00. The molecule has 0 bridgehead atoms. The van der Waals surface area contributed by atoms with Crippen molar-refractivity contribution in [3.8, 4) is 0 Å². The molecular weight excluding hydrogens is 142 g/mol. The van der Waals surface area contributed by atoms with E-state index in [1.807, 2.05) is 0 Å². The van der Waals surface area contributed by atoms with Crippen LogP contribution in [0.4, 0.5) is 0 Å². The molecule has 2 aliphatic rings. The van der Waals surface area contributed by atoms with Gasteiger partial charge in [0, 0.05) is 0 Å². The average molecular weight is 157 g/mol. The van der Waals surface area contributed by atoms with Gasteiger partial charge in [0.1, 0.15) is 0 Å². The Labute approximate surface area is 67.1 Å². The van der Waals surface area contributed by atoms with Crippen molar-refractivity contribution in [2.75, 3.05) is 19.8 Å². The molecule has 0 aromatic heterocycles. The predicted molar refractivity (Wildman–Crippen MR) is 41.3 cm³/mol. The van der Waals surface area contributed by atoms with Crippen LogP contribution >= 0.6 is 0 Å². The molecule has 1 N–H and O–H groups in total. The summed E-state index contributed by atoms with van der Waals surface area (Å²) in [5.74, 6) is 0. The minimum atomic E-state index is 0.0373. The van der Waals surface area contributed by atoms with Crippen LogP contribution in [0.2, 0.25) is 0 Å². The van der Waals surface area contributed by atoms with E-state index in [1.54, 1.807) is 0 Å². The molecule has 2 fully saturated rings. The summed E-state index contributed by atoms with van der Waals surface area (Å²) < 4.78 is 10.8. The molecule has 3 nitrogen and oxygen atoms in total. The third-order valence-electron chi connectivity index (χ3n) is 2.32. The lowest BCUT2D eigenvalue weighted by molar-refractivity contribution is -0.0723. The smallest absolute Gasteiger partial charge is 0.172 e. The van der Waals surface area contributed by atoms with Gasteiger partial charge in [-0.05, 0) is 19.4 Å². The molecule has 0 saturated carbocycles. The Morgan fingerprint density at radius 3 is 2.55 bits per heavy atom. The predicted octanol–water partition coefficient (Wildman–Crippen LogP) is 0.501. The van der Waals surface area contributed by atoms with Gasteiger partial charge in [-0.25, -0.2) is 0 Å². The van der Waals surface area contributed by atoms with E-state index in [2.05, 4.69) is 5.32 Å². The van der Waals surface area contributed by atoms with E-state index in [0.717, 1.165) is 19.8 Å². The van der Waals surface area contributed by atoms with Crippen LogP contribution < -0.4 is 5.32 Å².